The molecular weight excluding hydrogens is 562 g/mol. The molecule has 0 unspecified atom stereocenters. The predicted octanol–water partition coefficient (Wildman–Crippen LogP) is 4.98. The number of hydrogen-bond acceptors (Lipinski definition) is 5. The highest BCUT2D eigenvalue weighted by Crippen LogP contribution is 2.31. The number of hydrogen-bond donors (Lipinski definition) is 1. The Kier molecular flexibility index (Phi) is 10.4. The molecule has 0 aliphatic heterocycles. The molecule has 0 heterocycles. The molecule has 3 rings (SSSR count). The fourth-order valence-corrected chi connectivity index (χ4v) is 5.45. The van der Waals surface area contributed by atoms with Gasteiger partial charge in [-0.3, -0.25) is 13.9 Å². The topological polar surface area (TPSA) is 96.0 Å². The number of carbonyl (C=O) groups is 2. The van der Waals surface area contributed by atoms with Crippen LogP contribution >= 0.6 is 11.6 Å². The Bertz CT molecular complexity index is 1470. The van der Waals surface area contributed by atoms with Gasteiger partial charge in [-0.2, -0.15) is 0 Å². The number of carbonyl (C=O) groups excluding carboxylic acids is 2. The van der Waals surface area contributed by atoms with E-state index in [9.17, 15) is 18.0 Å². The first-order valence-corrected chi connectivity index (χ1v) is 15.4. The Morgan fingerprint density at radius 3 is 2.22 bits per heavy atom. The zero-order valence-electron chi connectivity index (χ0n) is 24.3. The summed E-state index contributed by atoms with van der Waals surface area (Å²) >= 11 is 6.49. The molecule has 0 saturated heterocycles. The minimum absolute atomic E-state index is 0.00385. The summed E-state index contributed by atoms with van der Waals surface area (Å²) in [5.74, 6) is -0.623. The molecule has 0 fully saturated rings. The number of nitrogens with zero attached hydrogens (tertiary/aromatic N) is 2. The Balaban J connectivity index is 2.13. The van der Waals surface area contributed by atoms with E-state index in [4.69, 9.17) is 16.3 Å². The van der Waals surface area contributed by atoms with E-state index in [2.05, 4.69) is 5.32 Å². The van der Waals surface area contributed by atoms with E-state index in [1.54, 1.807) is 42.5 Å². The van der Waals surface area contributed by atoms with E-state index in [0.29, 0.717) is 16.3 Å². The van der Waals surface area contributed by atoms with E-state index in [1.165, 1.54) is 12.0 Å². The second kappa shape index (κ2) is 13.4. The van der Waals surface area contributed by atoms with Crippen LogP contribution in [0.3, 0.4) is 0 Å². The van der Waals surface area contributed by atoms with Crippen molar-refractivity contribution in [3.05, 3.63) is 94.5 Å². The van der Waals surface area contributed by atoms with Gasteiger partial charge in [-0.25, -0.2) is 8.42 Å². The number of amides is 2. The van der Waals surface area contributed by atoms with Gasteiger partial charge >= 0.3 is 0 Å². The highest BCUT2D eigenvalue weighted by molar-refractivity contribution is 7.92. The van der Waals surface area contributed by atoms with Crippen molar-refractivity contribution in [1.29, 1.82) is 0 Å². The van der Waals surface area contributed by atoms with Gasteiger partial charge in [0.1, 0.15) is 18.3 Å². The SMILES string of the molecule is COc1ccc(C)cc1N(CC(=O)N(Cc1ccccc1Cl)[C@@H](Cc1ccccc1)C(=O)NC(C)(C)C)S(C)(=O)=O. The molecular formula is C31H38ClN3O5S. The number of methoxy groups -OCH3 is 1. The third-order valence-electron chi connectivity index (χ3n) is 6.35. The molecule has 8 nitrogen and oxygen atoms in total. The molecule has 3 aromatic rings. The number of sulfonamides is 1. The molecule has 0 saturated carbocycles. The lowest BCUT2D eigenvalue weighted by Gasteiger charge is -2.35. The van der Waals surface area contributed by atoms with Crippen LogP contribution in [0.5, 0.6) is 5.75 Å². The monoisotopic (exact) mass is 599 g/mol. The van der Waals surface area contributed by atoms with Gasteiger partial charge in [-0.15, -0.1) is 0 Å². The van der Waals surface area contributed by atoms with E-state index in [0.717, 1.165) is 21.7 Å². The van der Waals surface area contributed by atoms with Gasteiger partial charge in [0.2, 0.25) is 21.8 Å². The number of halogens is 1. The van der Waals surface area contributed by atoms with Crippen molar-refractivity contribution in [1.82, 2.24) is 10.2 Å². The molecule has 220 valence electrons. The van der Waals surface area contributed by atoms with Crippen molar-refractivity contribution in [2.45, 2.75) is 52.2 Å². The van der Waals surface area contributed by atoms with Crippen molar-refractivity contribution in [3.63, 3.8) is 0 Å². The Morgan fingerprint density at radius 2 is 1.63 bits per heavy atom. The number of anilines is 1. The highest BCUT2D eigenvalue weighted by atomic mass is 35.5. The number of aryl methyl sites for hydroxylation is 1. The van der Waals surface area contributed by atoms with Gasteiger partial charge in [-0.05, 0) is 62.6 Å². The molecule has 2 amide bonds. The van der Waals surface area contributed by atoms with Crippen LogP contribution in [0.1, 0.15) is 37.5 Å². The van der Waals surface area contributed by atoms with Gasteiger partial charge < -0.3 is 15.0 Å². The molecule has 41 heavy (non-hydrogen) atoms. The van der Waals surface area contributed by atoms with Crippen molar-refractivity contribution >= 4 is 39.1 Å². The van der Waals surface area contributed by atoms with Crippen LogP contribution in [0.4, 0.5) is 5.69 Å². The molecule has 0 bridgehead atoms. The molecule has 3 aromatic carbocycles. The lowest BCUT2D eigenvalue weighted by molar-refractivity contribution is -0.140. The van der Waals surface area contributed by atoms with Crippen LogP contribution in [0, 0.1) is 6.92 Å². The van der Waals surface area contributed by atoms with Crippen LogP contribution in [-0.2, 0) is 32.6 Å². The number of nitrogens with one attached hydrogen (secondary N) is 1. The third-order valence-corrected chi connectivity index (χ3v) is 7.85. The predicted molar refractivity (Wildman–Crippen MR) is 164 cm³/mol. The molecule has 0 aromatic heterocycles. The first-order chi connectivity index (χ1) is 19.2. The maximum absolute atomic E-state index is 14.2. The Morgan fingerprint density at radius 1 is 1.00 bits per heavy atom. The summed E-state index contributed by atoms with van der Waals surface area (Å²) in [7, 11) is -2.49. The van der Waals surface area contributed by atoms with E-state index in [1.807, 2.05) is 58.0 Å². The first kappa shape index (κ1) is 32.0. The van der Waals surface area contributed by atoms with Crippen LogP contribution in [0.2, 0.25) is 5.02 Å². The van der Waals surface area contributed by atoms with Crippen LogP contribution < -0.4 is 14.4 Å². The van der Waals surface area contributed by atoms with Crippen molar-refractivity contribution in [2.75, 3.05) is 24.2 Å². The molecule has 10 heteroatoms. The zero-order chi connectivity index (χ0) is 30.4. The maximum Gasteiger partial charge on any atom is 0.244 e. The number of rotatable bonds is 11. The third kappa shape index (κ3) is 8.96. The summed E-state index contributed by atoms with van der Waals surface area (Å²) in [6.07, 6.45) is 1.25. The summed E-state index contributed by atoms with van der Waals surface area (Å²) in [6, 6.07) is 20.6. The first-order valence-electron chi connectivity index (χ1n) is 13.2. The van der Waals surface area contributed by atoms with Crippen LogP contribution in [0.15, 0.2) is 72.8 Å². The molecule has 1 atom stereocenters. The average Bonchev–Trinajstić information content (AvgIpc) is 2.89. The van der Waals surface area contributed by atoms with Gasteiger partial charge in [0.05, 0.1) is 19.1 Å². The van der Waals surface area contributed by atoms with E-state index < -0.39 is 34.1 Å². The lowest BCUT2D eigenvalue weighted by Crippen LogP contribution is -2.56. The van der Waals surface area contributed by atoms with Gasteiger partial charge in [0.25, 0.3) is 0 Å². The Hall–Kier alpha value is -3.56. The second-order valence-corrected chi connectivity index (χ2v) is 13.3. The quantitative estimate of drug-likeness (QED) is 0.335. The standard InChI is InChI=1S/C31H38ClN3O5S/c1-22-16-17-28(40-5)26(18-22)35(41(6,38)39)21-29(36)34(20-24-14-10-11-15-25(24)32)27(30(37)33-31(2,3)4)19-23-12-8-7-9-13-23/h7-18,27H,19-21H2,1-6H3,(H,33,37)/t27-/m0/s1. The fraction of sp³-hybridized carbons (Fsp3) is 0.355. The van der Waals surface area contributed by atoms with E-state index in [-0.39, 0.29) is 24.6 Å². The largest absolute Gasteiger partial charge is 0.495 e. The van der Waals surface area contributed by atoms with Crippen LogP contribution in [-0.4, -0.2) is 56.6 Å². The summed E-state index contributed by atoms with van der Waals surface area (Å²) in [5.41, 5.74) is 1.93. The minimum Gasteiger partial charge on any atom is -0.495 e. The van der Waals surface area contributed by atoms with Crippen molar-refractivity contribution in [3.8, 4) is 5.75 Å². The molecule has 1 N–H and O–H groups in total. The lowest BCUT2D eigenvalue weighted by atomic mass is 10.0. The number of ether oxygens (including phenoxy) is 1. The minimum atomic E-state index is -3.93. The molecule has 0 spiro atoms. The smallest absolute Gasteiger partial charge is 0.244 e. The van der Waals surface area contributed by atoms with Gasteiger partial charge in [0, 0.05) is 23.5 Å². The van der Waals surface area contributed by atoms with Crippen molar-refractivity contribution < 1.29 is 22.7 Å². The molecule has 0 aliphatic carbocycles. The average molecular weight is 600 g/mol. The molecule has 0 aliphatic rings. The van der Waals surface area contributed by atoms with Gasteiger partial charge in [0.15, 0.2) is 0 Å². The van der Waals surface area contributed by atoms with Crippen LogP contribution in [0.25, 0.3) is 0 Å². The van der Waals surface area contributed by atoms with E-state index >= 15 is 0 Å². The summed E-state index contributed by atoms with van der Waals surface area (Å²) in [5, 5.41) is 3.43. The summed E-state index contributed by atoms with van der Waals surface area (Å²) < 4.78 is 32.6. The Labute approximate surface area is 248 Å². The fourth-order valence-electron chi connectivity index (χ4n) is 4.41. The number of benzene rings is 3. The summed E-state index contributed by atoms with van der Waals surface area (Å²) in [6.45, 7) is 6.86. The van der Waals surface area contributed by atoms with Gasteiger partial charge in [-0.1, -0.05) is 66.2 Å². The molecule has 0 radical (unpaired) electrons. The second-order valence-electron chi connectivity index (χ2n) is 11.0. The zero-order valence-corrected chi connectivity index (χ0v) is 25.9. The maximum atomic E-state index is 14.2. The van der Waals surface area contributed by atoms with Crippen molar-refractivity contribution in [2.24, 2.45) is 0 Å². The normalized spacial score (nSPS) is 12.4. The summed E-state index contributed by atoms with van der Waals surface area (Å²) in [4.78, 5) is 29.4. The highest BCUT2D eigenvalue weighted by Gasteiger charge is 2.35.